The van der Waals surface area contributed by atoms with E-state index in [-0.39, 0.29) is 11.3 Å². The molecule has 140 valence electrons. The monoisotopic (exact) mass is 350 g/mol. The van der Waals surface area contributed by atoms with Gasteiger partial charge in [-0.15, -0.1) is 0 Å². The molecule has 1 saturated heterocycles. The molecule has 1 aromatic rings. The van der Waals surface area contributed by atoms with Crippen molar-refractivity contribution in [2.45, 2.75) is 27.3 Å². The highest BCUT2D eigenvalue weighted by molar-refractivity contribution is 5.81. The Hall–Kier alpha value is -1.95. The van der Waals surface area contributed by atoms with Crippen molar-refractivity contribution in [2.75, 3.05) is 47.5 Å². The van der Waals surface area contributed by atoms with E-state index in [1.165, 1.54) is 0 Å². The molecule has 1 fully saturated rings. The van der Waals surface area contributed by atoms with Crippen LogP contribution in [-0.2, 0) is 11.3 Å². The Kier molecular flexibility index (Phi) is 6.16. The number of hydrogen-bond acceptors (Lipinski definition) is 5. The third-order valence-electron chi connectivity index (χ3n) is 4.48. The van der Waals surface area contributed by atoms with Gasteiger partial charge in [-0.2, -0.15) is 0 Å². The van der Waals surface area contributed by atoms with Gasteiger partial charge in [0, 0.05) is 43.7 Å². The molecule has 0 radical (unpaired) electrons. The van der Waals surface area contributed by atoms with E-state index in [0.29, 0.717) is 17.2 Å². The molecule has 6 nitrogen and oxygen atoms in total. The summed E-state index contributed by atoms with van der Waals surface area (Å²) in [6, 6.07) is 3.91. The zero-order valence-electron chi connectivity index (χ0n) is 16.2. The zero-order chi connectivity index (χ0) is 18.6. The fourth-order valence-corrected chi connectivity index (χ4v) is 3.11. The fraction of sp³-hybridized carbons (Fsp3) is 0.632. The van der Waals surface area contributed by atoms with Crippen LogP contribution in [0.4, 0.5) is 0 Å². The summed E-state index contributed by atoms with van der Waals surface area (Å²) in [5.41, 5.74) is 0.727. The summed E-state index contributed by atoms with van der Waals surface area (Å²) >= 11 is 0. The van der Waals surface area contributed by atoms with Crippen LogP contribution in [0.2, 0.25) is 0 Å². The number of rotatable bonds is 5. The lowest BCUT2D eigenvalue weighted by Crippen LogP contribution is -2.51. The van der Waals surface area contributed by atoms with Gasteiger partial charge < -0.3 is 19.1 Å². The second-order valence-electron chi connectivity index (χ2n) is 7.31. The van der Waals surface area contributed by atoms with Crippen molar-refractivity contribution >= 4 is 5.91 Å². The largest absolute Gasteiger partial charge is 0.493 e. The molecule has 0 bridgehead atoms. The lowest BCUT2D eigenvalue weighted by atomic mass is 9.94. The third-order valence-corrected chi connectivity index (χ3v) is 4.48. The van der Waals surface area contributed by atoms with Gasteiger partial charge in [-0.1, -0.05) is 26.8 Å². The van der Waals surface area contributed by atoms with Crippen molar-refractivity contribution in [3.63, 3.8) is 0 Å². The van der Waals surface area contributed by atoms with Crippen molar-refractivity contribution < 1.29 is 19.0 Å². The number of piperazine rings is 1. The van der Waals surface area contributed by atoms with Gasteiger partial charge in [-0.25, -0.2) is 0 Å². The average molecular weight is 350 g/mol. The van der Waals surface area contributed by atoms with Gasteiger partial charge in [0.25, 0.3) is 0 Å². The van der Waals surface area contributed by atoms with Crippen molar-refractivity contribution in [1.82, 2.24) is 9.80 Å². The van der Waals surface area contributed by atoms with Crippen molar-refractivity contribution in [3.05, 3.63) is 17.7 Å². The first-order valence-electron chi connectivity index (χ1n) is 8.61. The van der Waals surface area contributed by atoms with Crippen LogP contribution in [0.1, 0.15) is 26.3 Å². The molecule has 1 heterocycles. The van der Waals surface area contributed by atoms with Gasteiger partial charge in [0.1, 0.15) is 0 Å². The smallest absolute Gasteiger partial charge is 0.228 e. The molecule has 0 spiro atoms. The predicted molar refractivity (Wildman–Crippen MR) is 97.4 cm³/mol. The Labute approximate surface area is 150 Å². The molecule has 0 N–H and O–H groups in total. The Morgan fingerprint density at radius 2 is 1.56 bits per heavy atom. The highest BCUT2D eigenvalue weighted by Crippen LogP contribution is 2.40. The fourth-order valence-electron chi connectivity index (χ4n) is 3.11. The van der Waals surface area contributed by atoms with Gasteiger partial charge >= 0.3 is 0 Å². The van der Waals surface area contributed by atoms with Crippen molar-refractivity contribution in [3.8, 4) is 17.2 Å². The summed E-state index contributed by atoms with van der Waals surface area (Å²) in [5.74, 6) is 2.19. The van der Waals surface area contributed by atoms with Crippen LogP contribution in [0, 0.1) is 5.41 Å². The van der Waals surface area contributed by atoms with E-state index in [4.69, 9.17) is 14.2 Å². The van der Waals surface area contributed by atoms with E-state index in [2.05, 4.69) is 4.90 Å². The van der Waals surface area contributed by atoms with Gasteiger partial charge in [-0.3, -0.25) is 9.69 Å². The molecular weight excluding hydrogens is 320 g/mol. The molecule has 0 aliphatic carbocycles. The maximum absolute atomic E-state index is 12.4. The third kappa shape index (κ3) is 4.37. The number of methoxy groups -OCH3 is 3. The van der Waals surface area contributed by atoms with Gasteiger partial charge in [0.05, 0.1) is 21.3 Å². The summed E-state index contributed by atoms with van der Waals surface area (Å²) in [7, 11) is 4.87. The highest BCUT2D eigenvalue weighted by Gasteiger charge is 2.30. The summed E-state index contributed by atoms with van der Waals surface area (Å²) < 4.78 is 16.3. The van der Waals surface area contributed by atoms with Crippen LogP contribution in [0.25, 0.3) is 0 Å². The Morgan fingerprint density at radius 1 is 0.960 bits per heavy atom. The van der Waals surface area contributed by atoms with Gasteiger partial charge in [0.2, 0.25) is 11.7 Å². The minimum atomic E-state index is -0.325. The Bertz CT molecular complexity index is 602. The van der Waals surface area contributed by atoms with E-state index in [1.807, 2.05) is 37.8 Å². The first-order chi connectivity index (χ1) is 11.8. The minimum Gasteiger partial charge on any atom is -0.493 e. The molecule has 25 heavy (non-hydrogen) atoms. The molecule has 1 aromatic carbocycles. The normalized spacial score (nSPS) is 15.8. The number of nitrogens with zero attached hydrogens (tertiary/aromatic N) is 2. The van der Waals surface area contributed by atoms with E-state index < -0.39 is 0 Å². The molecule has 1 aliphatic heterocycles. The van der Waals surface area contributed by atoms with Crippen molar-refractivity contribution in [1.29, 1.82) is 0 Å². The molecule has 0 atom stereocenters. The molecule has 2 rings (SSSR count). The number of carbonyl (C=O) groups is 1. The molecule has 0 saturated carbocycles. The number of ether oxygens (including phenoxy) is 3. The van der Waals surface area contributed by atoms with Crippen LogP contribution >= 0.6 is 0 Å². The van der Waals surface area contributed by atoms with Crippen LogP contribution in [0.15, 0.2) is 12.1 Å². The quantitative estimate of drug-likeness (QED) is 0.816. The summed E-state index contributed by atoms with van der Waals surface area (Å²) in [5, 5.41) is 0. The van der Waals surface area contributed by atoms with Gasteiger partial charge in [-0.05, 0) is 6.07 Å². The number of amides is 1. The lowest BCUT2D eigenvalue weighted by Gasteiger charge is -2.37. The van der Waals surface area contributed by atoms with E-state index >= 15 is 0 Å². The Morgan fingerprint density at radius 3 is 2.04 bits per heavy atom. The van der Waals surface area contributed by atoms with E-state index in [9.17, 15) is 4.79 Å². The zero-order valence-corrected chi connectivity index (χ0v) is 16.2. The second kappa shape index (κ2) is 7.95. The molecule has 0 unspecified atom stereocenters. The molecule has 1 aliphatic rings. The second-order valence-corrected chi connectivity index (χ2v) is 7.31. The average Bonchev–Trinajstić information content (AvgIpc) is 2.60. The summed E-state index contributed by atoms with van der Waals surface area (Å²) in [4.78, 5) is 16.7. The van der Waals surface area contributed by atoms with Crippen LogP contribution in [0.3, 0.4) is 0 Å². The minimum absolute atomic E-state index is 0.218. The summed E-state index contributed by atoms with van der Waals surface area (Å²) in [6.45, 7) is 9.86. The first kappa shape index (κ1) is 19.4. The number of benzene rings is 1. The van der Waals surface area contributed by atoms with Crippen LogP contribution < -0.4 is 14.2 Å². The molecule has 0 aromatic heterocycles. The van der Waals surface area contributed by atoms with Crippen LogP contribution in [0.5, 0.6) is 17.2 Å². The van der Waals surface area contributed by atoms with Crippen LogP contribution in [-0.4, -0.2) is 63.2 Å². The highest BCUT2D eigenvalue weighted by atomic mass is 16.5. The number of carbonyl (C=O) groups excluding carboxylic acids is 1. The van der Waals surface area contributed by atoms with Crippen molar-refractivity contribution in [2.24, 2.45) is 5.41 Å². The van der Waals surface area contributed by atoms with E-state index in [1.54, 1.807) is 21.3 Å². The predicted octanol–water partition coefficient (Wildman–Crippen LogP) is 2.40. The number of hydrogen-bond donors (Lipinski definition) is 0. The molecular formula is C19H30N2O4. The SMILES string of the molecule is COc1ccc(CN2CCN(C(=O)C(C)(C)C)CC2)c(OC)c1OC. The molecule has 6 heteroatoms. The maximum atomic E-state index is 12.4. The molecule has 1 amide bonds. The maximum Gasteiger partial charge on any atom is 0.228 e. The standard InChI is InChI=1S/C19H30N2O4/c1-19(2,3)18(22)21-11-9-20(10-12-21)13-14-7-8-15(23-4)17(25-6)16(14)24-5/h7-8H,9-13H2,1-6H3. The topological polar surface area (TPSA) is 51.2 Å². The summed E-state index contributed by atoms with van der Waals surface area (Å²) in [6.07, 6.45) is 0. The first-order valence-corrected chi connectivity index (χ1v) is 8.61. The van der Waals surface area contributed by atoms with E-state index in [0.717, 1.165) is 38.3 Å². The van der Waals surface area contributed by atoms with Gasteiger partial charge in [0.15, 0.2) is 11.5 Å². The Balaban J connectivity index is 2.06. The lowest BCUT2D eigenvalue weighted by molar-refractivity contribution is -0.141.